The van der Waals surface area contributed by atoms with Crippen LogP contribution in [0.1, 0.15) is 41.6 Å². The van der Waals surface area contributed by atoms with E-state index in [1.165, 1.54) is 7.11 Å². The number of carbonyl (C=O) groups excluding carboxylic acids is 2. The minimum atomic E-state index is -0.245. The second kappa shape index (κ2) is 12.3. The third-order valence-corrected chi connectivity index (χ3v) is 6.14. The average Bonchev–Trinajstić information content (AvgIpc) is 2.86. The number of anilines is 2. The van der Waals surface area contributed by atoms with Gasteiger partial charge in [-0.2, -0.15) is 0 Å². The number of ether oxygens (including phenoxy) is 2. The molecule has 2 aromatic carbocycles. The fraction of sp³-hybridized carbons (Fsp3) is 0.462. The molecule has 0 saturated carbocycles. The van der Waals surface area contributed by atoms with Gasteiger partial charge in [0.15, 0.2) is 0 Å². The lowest BCUT2D eigenvalue weighted by molar-refractivity contribution is -0.125. The number of nitrogens with one attached hydrogen (secondary N) is 2. The van der Waals surface area contributed by atoms with Crippen molar-refractivity contribution in [2.45, 2.75) is 32.6 Å². The van der Waals surface area contributed by atoms with E-state index in [0.29, 0.717) is 41.6 Å². The second-order valence-corrected chi connectivity index (χ2v) is 8.63. The zero-order valence-electron chi connectivity index (χ0n) is 20.4. The highest BCUT2D eigenvalue weighted by Crippen LogP contribution is 2.32. The number of unbranched alkanes of at least 4 members (excludes halogenated alkanes) is 1. The van der Waals surface area contributed by atoms with Crippen LogP contribution in [0.25, 0.3) is 0 Å². The van der Waals surface area contributed by atoms with Crippen molar-refractivity contribution in [1.82, 2.24) is 10.6 Å². The maximum atomic E-state index is 13.2. The minimum absolute atomic E-state index is 0.124. The number of para-hydroxylation sites is 1. The van der Waals surface area contributed by atoms with Gasteiger partial charge >= 0.3 is 0 Å². The predicted octanol–water partition coefficient (Wildman–Crippen LogP) is 3.14. The third kappa shape index (κ3) is 6.41. The van der Waals surface area contributed by atoms with Crippen LogP contribution in [0.4, 0.5) is 11.4 Å². The van der Waals surface area contributed by atoms with Crippen LogP contribution < -0.4 is 30.7 Å². The molecule has 8 nitrogen and oxygen atoms in total. The molecule has 2 amide bonds. The Morgan fingerprint density at radius 3 is 2.65 bits per heavy atom. The van der Waals surface area contributed by atoms with Gasteiger partial charge in [0.05, 0.1) is 30.7 Å². The van der Waals surface area contributed by atoms with Gasteiger partial charge < -0.3 is 30.7 Å². The van der Waals surface area contributed by atoms with Gasteiger partial charge in [-0.1, -0.05) is 12.1 Å². The van der Waals surface area contributed by atoms with Crippen molar-refractivity contribution in [1.29, 1.82) is 0 Å². The lowest BCUT2D eigenvalue weighted by atomic mass is 9.97. The summed E-state index contributed by atoms with van der Waals surface area (Å²) in [7, 11) is 3.23. The number of amides is 2. The Hall–Kier alpha value is -3.26. The molecule has 1 fully saturated rings. The predicted molar refractivity (Wildman–Crippen MR) is 135 cm³/mol. The van der Waals surface area contributed by atoms with Gasteiger partial charge in [-0.25, -0.2) is 0 Å². The molecule has 0 bridgehead atoms. The zero-order chi connectivity index (χ0) is 24.5. The highest BCUT2D eigenvalue weighted by Gasteiger charge is 2.22. The van der Waals surface area contributed by atoms with E-state index in [0.717, 1.165) is 44.3 Å². The number of rotatable bonds is 10. The van der Waals surface area contributed by atoms with Crippen molar-refractivity contribution in [2.75, 3.05) is 51.0 Å². The van der Waals surface area contributed by atoms with Crippen LogP contribution in [0.15, 0.2) is 36.4 Å². The van der Waals surface area contributed by atoms with E-state index in [9.17, 15) is 9.59 Å². The molecular weight excluding hydrogens is 432 g/mol. The molecule has 2 aromatic rings. The highest BCUT2D eigenvalue weighted by atomic mass is 16.5. The smallest absolute Gasteiger partial charge is 0.260 e. The summed E-state index contributed by atoms with van der Waals surface area (Å²) in [4.78, 5) is 26.9. The van der Waals surface area contributed by atoms with Gasteiger partial charge in [0.2, 0.25) is 5.91 Å². The van der Waals surface area contributed by atoms with Crippen LogP contribution >= 0.6 is 0 Å². The number of methoxy groups -OCH3 is 1. The van der Waals surface area contributed by atoms with Gasteiger partial charge in [0.25, 0.3) is 5.91 Å². The number of piperidine rings is 1. The fourth-order valence-electron chi connectivity index (χ4n) is 4.06. The summed E-state index contributed by atoms with van der Waals surface area (Å²) in [5.74, 6) is 1.13. The van der Waals surface area contributed by atoms with Gasteiger partial charge in [0, 0.05) is 19.5 Å². The third-order valence-electron chi connectivity index (χ3n) is 6.14. The summed E-state index contributed by atoms with van der Waals surface area (Å²) in [5.41, 5.74) is 8.51. The number of nitrogens with zero attached hydrogens (tertiary/aromatic N) is 1. The average molecular weight is 469 g/mol. The molecule has 0 aliphatic carbocycles. The lowest BCUT2D eigenvalue weighted by Gasteiger charge is -2.22. The van der Waals surface area contributed by atoms with Crippen molar-refractivity contribution in [2.24, 2.45) is 5.92 Å². The normalized spacial score (nSPS) is 13.9. The van der Waals surface area contributed by atoms with E-state index in [2.05, 4.69) is 10.6 Å². The summed E-state index contributed by atoms with van der Waals surface area (Å²) in [6, 6.07) is 10.9. The van der Waals surface area contributed by atoms with Crippen LogP contribution in [-0.2, 0) is 4.79 Å². The molecule has 1 aliphatic rings. The number of nitrogens with two attached hydrogens (primary N) is 1. The van der Waals surface area contributed by atoms with Gasteiger partial charge in [0.1, 0.15) is 11.5 Å². The summed E-state index contributed by atoms with van der Waals surface area (Å²) in [5, 5.41) is 6.32. The Balaban J connectivity index is 1.55. The van der Waals surface area contributed by atoms with E-state index in [1.54, 1.807) is 30.1 Å². The van der Waals surface area contributed by atoms with E-state index in [1.807, 2.05) is 25.1 Å². The molecule has 8 heteroatoms. The SMILES string of the molecule is COc1cccc(C(=O)N(C)c2ccc(C)cc2OCCCCNC(=O)C2CCNCC2)c1N. The first-order valence-electron chi connectivity index (χ1n) is 11.8. The van der Waals surface area contributed by atoms with Gasteiger partial charge in [-0.3, -0.25) is 9.59 Å². The number of nitrogen functional groups attached to an aromatic ring is 1. The Kier molecular flexibility index (Phi) is 9.16. The van der Waals surface area contributed by atoms with Crippen molar-refractivity contribution < 1.29 is 19.1 Å². The number of benzene rings is 2. The van der Waals surface area contributed by atoms with Crippen LogP contribution in [0, 0.1) is 12.8 Å². The summed E-state index contributed by atoms with van der Waals surface area (Å²) < 4.78 is 11.3. The summed E-state index contributed by atoms with van der Waals surface area (Å²) in [6.07, 6.45) is 3.42. The van der Waals surface area contributed by atoms with Crippen LogP contribution in [0.3, 0.4) is 0 Å². The summed E-state index contributed by atoms with van der Waals surface area (Å²) in [6.45, 7) is 4.93. The molecular formula is C26H36N4O4. The number of hydrogen-bond acceptors (Lipinski definition) is 6. The first-order valence-corrected chi connectivity index (χ1v) is 11.8. The minimum Gasteiger partial charge on any atom is -0.495 e. The molecule has 1 saturated heterocycles. The molecule has 1 aliphatic heterocycles. The zero-order valence-corrected chi connectivity index (χ0v) is 20.4. The Morgan fingerprint density at radius 2 is 1.91 bits per heavy atom. The molecule has 0 atom stereocenters. The molecule has 4 N–H and O–H groups in total. The standard InChI is InChI=1S/C26H36N4O4/c1-18-9-10-21(30(2)26(32)20-7-6-8-22(33-3)24(20)27)23(17-18)34-16-5-4-13-29-25(31)19-11-14-28-15-12-19/h6-10,17,19,28H,4-5,11-16,27H2,1-3H3,(H,29,31). The van der Waals surface area contributed by atoms with E-state index in [4.69, 9.17) is 15.2 Å². The maximum absolute atomic E-state index is 13.2. The summed E-state index contributed by atoms with van der Waals surface area (Å²) >= 11 is 0. The molecule has 34 heavy (non-hydrogen) atoms. The van der Waals surface area contributed by atoms with Crippen molar-refractivity contribution >= 4 is 23.2 Å². The number of aryl methyl sites for hydroxylation is 1. The second-order valence-electron chi connectivity index (χ2n) is 8.63. The number of hydrogen-bond donors (Lipinski definition) is 3. The molecule has 184 valence electrons. The maximum Gasteiger partial charge on any atom is 0.260 e. The first-order chi connectivity index (χ1) is 16.4. The lowest BCUT2D eigenvalue weighted by Crippen LogP contribution is -2.38. The molecule has 0 spiro atoms. The van der Waals surface area contributed by atoms with Crippen LogP contribution in [0.2, 0.25) is 0 Å². The largest absolute Gasteiger partial charge is 0.495 e. The van der Waals surface area contributed by atoms with Crippen molar-refractivity contribution in [3.63, 3.8) is 0 Å². The van der Waals surface area contributed by atoms with E-state index < -0.39 is 0 Å². The number of carbonyl (C=O) groups is 2. The quantitative estimate of drug-likeness (QED) is 0.365. The molecule has 3 rings (SSSR count). The fourth-order valence-corrected chi connectivity index (χ4v) is 4.06. The highest BCUT2D eigenvalue weighted by molar-refractivity contribution is 6.10. The molecule has 0 aromatic heterocycles. The van der Waals surface area contributed by atoms with Gasteiger partial charge in [-0.15, -0.1) is 0 Å². The Bertz CT molecular complexity index is 989. The van der Waals surface area contributed by atoms with Gasteiger partial charge in [-0.05, 0) is 75.5 Å². The Labute approximate surface area is 201 Å². The van der Waals surface area contributed by atoms with E-state index in [-0.39, 0.29) is 17.7 Å². The molecule has 1 heterocycles. The monoisotopic (exact) mass is 468 g/mol. The van der Waals surface area contributed by atoms with Crippen molar-refractivity contribution in [3.8, 4) is 11.5 Å². The molecule has 0 radical (unpaired) electrons. The molecule has 0 unspecified atom stereocenters. The van der Waals surface area contributed by atoms with E-state index >= 15 is 0 Å². The van der Waals surface area contributed by atoms with Crippen LogP contribution in [-0.4, -0.2) is 52.2 Å². The van der Waals surface area contributed by atoms with Crippen molar-refractivity contribution in [3.05, 3.63) is 47.5 Å². The Morgan fingerprint density at radius 1 is 1.15 bits per heavy atom. The first kappa shape index (κ1) is 25.4. The topological polar surface area (TPSA) is 106 Å². The van der Waals surface area contributed by atoms with Crippen LogP contribution in [0.5, 0.6) is 11.5 Å².